The molecule has 2 aliphatic heterocycles. The molecule has 1 amide bonds. The van der Waals surface area contributed by atoms with Crippen molar-refractivity contribution in [2.75, 3.05) is 13.9 Å². The molecular formula is C20H18N2O4. The van der Waals surface area contributed by atoms with E-state index in [1.54, 1.807) is 7.11 Å². The predicted octanol–water partition coefficient (Wildman–Crippen LogP) is 3.23. The van der Waals surface area contributed by atoms with Crippen LogP contribution < -0.4 is 14.2 Å². The zero-order chi connectivity index (χ0) is 18.1. The van der Waals surface area contributed by atoms with Crippen LogP contribution in [0.1, 0.15) is 18.1 Å². The van der Waals surface area contributed by atoms with Gasteiger partial charge in [0, 0.05) is 0 Å². The Morgan fingerprint density at radius 1 is 1.19 bits per heavy atom. The number of hydrogen-bond donors (Lipinski definition) is 0. The summed E-state index contributed by atoms with van der Waals surface area (Å²) < 4.78 is 15.9. The molecule has 6 nitrogen and oxygen atoms in total. The Labute approximate surface area is 151 Å². The summed E-state index contributed by atoms with van der Waals surface area (Å²) in [6, 6.07) is 13.2. The van der Waals surface area contributed by atoms with Gasteiger partial charge in [0.2, 0.25) is 6.79 Å². The van der Waals surface area contributed by atoms with Gasteiger partial charge in [0.15, 0.2) is 11.5 Å². The Hall–Kier alpha value is -3.28. The third-order valence-corrected chi connectivity index (χ3v) is 4.30. The quantitative estimate of drug-likeness (QED) is 0.795. The molecule has 0 aromatic heterocycles. The van der Waals surface area contributed by atoms with E-state index < -0.39 is 0 Å². The van der Waals surface area contributed by atoms with Gasteiger partial charge in [0.25, 0.3) is 5.91 Å². The minimum atomic E-state index is -0.122. The van der Waals surface area contributed by atoms with Crippen LogP contribution in [0.2, 0.25) is 0 Å². The number of amides is 1. The lowest BCUT2D eigenvalue weighted by molar-refractivity contribution is -0.126. The van der Waals surface area contributed by atoms with E-state index in [4.69, 9.17) is 14.2 Å². The number of benzene rings is 2. The van der Waals surface area contributed by atoms with Crippen LogP contribution in [-0.4, -0.2) is 30.5 Å². The van der Waals surface area contributed by atoms with Gasteiger partial charge in [0.1, 0.15) is 5.75 Å². The SMILES string of the molecule is COc1cccc(CN2N=C(C)/C(=C/c3ccc4c(c3)OCO4)C2=O)c1. The molecule has 0 spiro atoms. The number of carbonyl (C=O) groups excluding carboxylic acids is 1. The number of methoxy groups -OCH3 is 1. The number of rotatable bonds is 4. The third-order valence-electron chi connectivity index (χ3n) is 4.30. The van der Waals surface area contributed by atoms with E-state index in [1.807, 2.05) is 55.5 Å². The van der Waals surface area contributed by atoms with Gasteiger partial charge in [-0.1, -0.05) is 18.2 Å². The summed E-state index contributed by atoms with van der Waals surface area (Å²) in [4.78, 5) is 12.8. The van der Waals surface area contributed by atoms with Crippen LogP contribution in [0.3, 0.4) is 0 Å². The first-order valence-corrected chi connectivity index (χ1v) is 8.26. The number of nitrogens with zero attached hydrogens (tertiary/aromatic N) is 2. The van der Waals surface area contributed by atoms with Crippen LogP contribution in [0.4, 0.5) is 0 Å². The molecule has 4 rings (SSSR count). The van der Waals surface area contributed by atoms with Crippen LogP contribution in [0.5, 0.6) is 17.2 Å². The van der Waals surface area contributed by atoms with E-state index in [1.165, 1.54) is 5.01 Å². The number of carbonyl (C=O) groups is 1. The molecule has 0 fully saturated rings. The summed E-state index contributed by atoms with van der Waals surface area (Å²) in [6.45, 7) is 2.46. The van der Waals surface area contributed by atoms with E-state index in [-0.39, 0.29) is 12.7 Å². The molecule has 0 saturated carbocycles. The molecule has 6 heteroatoms. The lowest BCUT2D eigenvalue weighted by Crippen LogP contribution is -2.21. The fraction of sp³-hybridized carbons (Fsp3) is 0.200. The highest BCUT2D eigenvalue weighted by Crippen LogP contribution is 2.33. The second-order valence-electron chi connectivity index (χ2n) is 6.07. The highest BCUT2D eigenvalue weighted by Gasteiger charge is 2.27. The second kappa shape index (κ2) is 6.55. The molecule has 2 aromatic rings. The molecule has 26 heavy (non-hydrogen) atoms. The summed E-state index contributed by atoms with van der Waals surface area (Å²) in [5.41, 5.74) is 3.09. The van der Waals surface area contributed by atoms with Gasteiger partial charge in [-0.3, -0.25) is 4.79 Å². The largest absolute Gasteiger partial charge is 0.497 e. The number of ether oxygens (including phenoxy) is 3. The van der Waals surface area contributed by atoms with Crippen LogP contribution in [0, 0.1) is 0 Å². The lowest BCUT2D eigenvalue weighted by atomic mass is 10.1. The monoisotopic (exact) mass is 350 g/mol. The Morgan fingerprint density at radius 3 is 2.88 bits per heavy atom. The van der Waals surface area contributed by atoms with Crippen molar-refractivity contribution in [2.45, 2.75) is 13.5 Å². The maximum absolute atomic E-state index is 12.8. The van der Waals surface area contributed by atoms with Crippen molar-refractivity contribution in [1.29, 1.82) is 0 Å². The van der Waals surface area contributed by atoms with Gasteiger partial charge < -0.3 is 14.2 Å². The van der Waals surface area contributed by atoms with E-state index in [2.05, 4.69) is 5.10 Å². The molecule has 0 aliphatic carbocycles. The highest BCUT2D eigenvalue weighted by atomic mass is 16.7. The third kappa shape index (κ3) is 3.01. The molecule has 0 unspecified atom stereocenters. The molecule has 0 saturated heterocycles. The summed E-state index contributed by atoms with van der Waals surface area (Å²) in [5, 5.41) is 5.88. The zero-order valence-electron chi connectivity index (χ0n) is 14.6. The van der Waals surface area contributed by atoms with Crippen molar-refractivity contribution < 1.29 is 19.0 Å². The van der Waals surface area contributed by atoms with Crippen molar-refractivity contribution in [3.8, 4) is 17.2 Å². The van der Waals surface area contributed by atoms with E-state index >= 15 is 0 Å². The fourth-order valence-corrected chi connectivity index (χ4v) is 2.96. The van der Waals surface area contributed by atoms with E-state index in [0.29, 0.717) is 23.6 Å². The second-order valence-corrected chi connectivity index (χ2v) is 6.07. The minimum absolute atomic E-state index is 0.122. The molecule has 2 aliphatic rings. The minimum Gasteiger partial charge on any atom is -0.497 e. The molecule has 0 radical (unpaired) electrons. The average molecular weight is 350 g/mol. The summed E-state index contributed by atoms with van der Waals surface area (Å²) in [6.07, 6.45) is 1.83. The topological polar surface area (TPSA) is 60.4 Å². The zero-order valence-corrected chi connectivity index (χ0v) is 14.6. The molecule has 0 bridgehead atoms. The van der Waals surface area contributed by atoms with Gasteiger partial charge >= 0.3 is 0 Å². The molecule has 2 aromatic carbocycles. The molecule has 132 valence electrons. The first kappa shape index (κ1) is 16.2. The van der Waals surface area contributed by atoms with Crippen molar-refractivity contribution in [1.82, 2.24) is 5.01 Å². The fourth-order valence-electron chi connectivity index (χ4n) is 2.96. The highest BCUT2D eigenvalue weighted by molar-refractivity contribution is 6.26. The van der Waals surface area contributed by atoms with Crippen molar-refractivity contribution >= 4 is 17.7 Å². The summed E-state index contributed by atoms with van der Waals surface area (Å²) >= 11 is 0. The number of hydrogen-bond acceptors (Lipinski definition) is 5. The first-order chi connectivity index (χ1) is 12.6. The first-order valence-electron chi connectivity index (χ1n) is 8.26. The van der Waals surface area contributed by atoms with Crippen LogP contribution in [0.25, 0.3) is 6.08 Å². The van der Waals surface area contributed by atoms with Gasteiger partial charge in [-0.2, -0.15) is 5.10 Å². The van der Waals surface area contributed by atoms with Crippen LogP contribution in [-0.2, 0) is 11.3 Å². The molecule has 0 N–H and O–H groups in total. The van der Waals surface area contributed by atoms with E-state index in [9.17, 15) is 4.79 Å². The lowest BCUT2D eigenvalue weighted by Gasteiger charge is -2.12. The number of fused-ring (bicyclic) bond motifs is 1. The normalized spacial score (nSPS) is 17.0. The van der Waals surface area contributed by atoms with E-state index in [0.717, 1.165) is 22.6 Å². The average Bonchev–Trinajstić information content (AvgIpc) is 3.22. The Morgan fingerprint density at radius 2 is 2.04 bits per heavy atom. The summed E-state index contributed by atoms with van der Waals surface area (Å²) in [7, 11) is 1.62. The maximum Gasteiger partial charge on any atom is 0.276 e. The maximum atomic E-state index is 12.8. The van der Waals surface area contributed by atoms with Gasteiger partial charge in [-0.05, 0) is 48.4 Å². The Balaban J connectivity index is 1.56. The van der Waals surface area contributed by atoms with Crippen molar-refractivity contribution in [3.05, 3.63) is 59.2 Å². The molecule has 0 atom stereocenters. The smallest absolute Gasteiger partial charge is 0.276 e. The number of hydrazone groups is 1. The van der Waals surface area contributed by atoms with Gasteiger partial charge in [-0.15, -0.1) is 0 Å². The molecule has 2 heterocycles. The predicted molar refractivity (Wildman–Crippen MR) is 97.2 cm³/mol. The van der Waals surface area contributed by atoms with Crippen molar-refractivity contribution in [2.24, 2.45) is 5.10 Å². The Bertz CT molecular complexity index is 933. The molecular weight excluding hydrogens is 332 g/mol. The van der Waals surface area contributed by atoms with Crippen molar-refractivity contribution in [3.63, 3.8) is 0 Å². The van der Waals surface area contributed by atoms with Gasteiger partial charge in [-0.25, -0.2) is 5.01 Å². The standard InChI is InChI=1S/C20H18N2O4/c1-13-17(9-14-6-7-18-19(10-14)26-12-25-18)20(23)22(21-13)11-15-4-3-5-16(8-15)24-2/h3-10H,11-12H2,1-2H3/b17-9-. The van der Waals surface area contributed by atoms with Crippen LogP contribution >= 0.6 is 0 Å². The Kier molecular flexibility index (Phi) is 4.08. The van der Waals surface area contributed by atoms with Crippen LogP contribution in [0.15, 0.2) is 53.1 Å². The summed E-state index contributed by atoms with van der Waals surface area (Å²) in [5.74, 6) is 2.04. The van der Waals surface area contributed by atoms with Gasteiger partial charge in [0.05, 0.1) is 24.9 Å².